The van der Waals surface area contributed by atoms with Gasteiger partial charge in [-0.25, -0.2) is 0 Å². The number of nitrogens with one attached hydrogen (secondary N) is 2. The van der Waals surface area contributed by atoms with Crippen molar-refractivity contribution < 1.29 is 14.3 Å². The second-order valence-corrected chi connectivity index (χ2v) is 5.98. The van der Waals surface area contributed by atoms with Crippen LogP contribution >= 0.6 is 11.8 Å². The van der Waals surface area contributed by atoms with Gasteiger partial charge < -0.3 is 15.8 Å². The van der Waals surface area contributed by atoms with Crippen molar-refractivity contribution in [2.75, 3.05) is 17.6 Å². The zero-order valence-corrected chi connectivity index (χ0v) is 14.1. The number of pyridine rings is 1. The highest BCUT2D eigenvalue weighted by molar-refractivity contribution is 7.99. The lowest BCUT2D eigenvalue weighted by Crippen LogP contribution is -2.34. The van der Waals surface area contributed by atoms with Gasteiger partial charge in [0.25, 0.3) is 5.03 Å². The van der Waals surface area contributed by atoms with Gasteiger partial charge in [0.1, 0.15) is 0 Å². The summed E-state index contributed by atoms with van der Waals surface area (Å²) in [6, 6.07) is 12.5. The Hall–Kier alpha value is -2.54. The fourth-order valence-electron chi connectivity index (χ4n) is 2.04. The summed E-state index contributed by atoms with van der Waals surface area (Å²) in [6.45, 7) is 1.90. The molecule has 2 aromatic rings. The van der Waals surface area contributed by atoms with Crippen molar-refractivity contribution in [2.24, 2.45) is 0 Å². The van der Waals surface area contributed by atoms with E-state index in [0.29, 0.717) is 9.76 Å². The van der Waals surface area contributed by atoms with E-state index in [1.54, 1.807) is 18.2 Å². The first-order valence-corrected chi connectivity index (χ1v) is 8.54. The zero-order chi connectivity index (χ0) is 17.4. The van der Waals surface area contributed by atoms with Gasteiger partial charge in [0.15, 0.2) is 6.20 Å². The molecule has 2 N–H and O–H groups in total. The molecule has 0 saturated heterocycles. The van der Waals surface area contributed by atoms with E-state index in [-0.39, 0.29) is 24.1 Å². The number of nitrogens with zero attached hydrogens (tertiary/aromatic N) is 1. The third kappa shape index (κ3) is 5.27. The van der Waals surface area contributed by atoms with Crippen LogP contribution < -0.4 is 15.4 Å². The van der Waals surface area contributed by atoms with Crippen LogP contribution in [0.4, 0.5) is 5.69 Å². The van der Waals surface area contributed by atoms with Crippen LogP contribution in [0.3, 0.4) is 0 Å². The Balaban J connectivity index is 1.77. The Kier molecular flexibility index (Phi) is 6.62. The maximum absolute atomic E-state index is 11.9. The summed E-state index contributed by atoms with van der Waals surface area (Å²) in [6.07, 6.45) is 2.19. The van der Waals surface area contributed by atoms with Crippen LogP contribution in [0.1, 0.15) is 12.5 Å². The highest BCUT2D eigenvalue weighted by atomic mass is 32.2. The topological polar surface area (TPSA) is 85.1 Å². The van der Waals surface area contributed by atoms with E-state index in [1.807, 2.05) is 31.2 Å². The smallest absolute Gasteiger partial charge is 0.251 e. The van der Waals surface area contributed by atoms with Crippen molar-refractivity contribution >= 4 is 29.3 Å². The third-order valence-corrected chi connectivity index (χ3v) is 4.28. The molecule has 126 valence electrons. The lowest BCUT2D eigenvalue weighted by Gasteiger charge is -2.10. The second kappa shape index (κ2) is 8.93. The first kappa shape index (κ1) is 17.8. The molecule has 0 aliphatic carbocycles. The molecule has 1 aromatic heterocycles. The van der Waals surface area contributed by atoms with Crippen molar-refractivity contribution in [3.8, 4) is 0 Å². The van der Waals surface area contributed by atoms with Gasteiger partial charge in [-0.1, -0.05) is 25.1 Å². The van der Waals surface area contributed by atoms with Gasteiger partial charge in [0.05, 0.1) is 12.3 Å². The zero-order valence-electron chi connectivity index (χ0n) is 13.3. The number of rotatable bonds is 7. The number of para-hydroxylation sites is 1. The molecule has 6 nitrogen and oxygen atoms in total. The van der Waals surface area contributed by atoms with E-state index >= 15 is 0 Å². The van der Waals surface area contributed by atoms with Crippen LogP contribution in [0.2, 0.25) is 0 Å². The quantitative estimate of drug-likeness (QED) is 0.455. The Labute approximate surface area is 144 Å². The van der Waals surface area contributed by atoms with Crippen LogP contribution in [0.15, 0.2) is 53.7 Å². The van der Waals surface area contributed by atoms with Gasteiger partial charge in [-0.15, -0.1) is 0 Å². The Morgan fingerprint density at radius 1 is 1.12 bits per heavy atom. The molecular formula is C17H19N3O3S. The van der Waals surface area contributed by atoms with Crippen LogP contribution in [-0.4, -0.2) is 24.1 Å². The maximum Gasteiger partial charge on any atom is 0.251 e. The molecule has 7 heteroatoms. The predicted octanol–water partition coefficient (Wildman–Crippen LogP) is 1.73. The SMILES string of the molecule is CCc1ccccc1NC(=O)CNC(=O)CSc1cccc[n+]1[O-]. The minimum absolute atomic E-state index is 0.0745. The fraction of sp³-hybridized carbons (Fsp3) is 0.235. The van der Waals surface area contributed by atoms with Crippen LogP contribution in [0.5, 0.6) is 0 Å². The Morgan fingerprint density at radius 3 is 2.62 bits per heavy atom. The molecule has 0 aliphatic rings. The van der Waals surface area contributed by atoms with Crippen molar-refractivity contribution in [3.05, 3.63) is 59.4 Å². The van der Waals surface area contributed by atoms with Gasteiger partial charge in [0.2, 0.25) is 11.8 Å². The molecular weight excluding hydrogens is 326 g/mol. The summed E-state index contributed by atoms with van der Waals surface area (Å²) in [5.41, 5.74) is 1.79. The maximum atomic E-state index is 11.9. The highest BCUT2D eigenvalue weighted by Gasteiger charge is 2.11. The van der Waals surface area contributed by atoms with Crippen LogP contribution in [0, 0.1) is 5.21 Å². The summed E-state index contributed by atoms with van der Waals surface area (Å²) >= 11 is 1.12. The fourth-order valence-corrected chi connectivity index (χ4v) is 2.78. The summed E-state index contributed by atoms with van der Waals surface area (Å²) in [7, 11) is 0. The first-order valence-electron chi connectivity index (χ1n) is 7.55. The molecule has 0 saturated carbocycles. The lowest BCUT2D eigenvalue weighted by atomic mass is 10.1. The highest BCUT2D eigenvalue weighted by Crippen LogP contribution is 2.15. The number of amides is 2. The molecule has 0 fully saturated rings. The lowest BCUT2D eigenvalue weighted by molar-refractivity contribution is -0.645. The number of carbonyl (C=O) groups is 2. The molecule has 0 atom stereocenters. The number of benzene rings is 1. The normalized spacial score (nSPS) is 10.2. The molecule has 0 spiro atoms. The monoisotopic (exact) mass is 345 g/mol. The third-order valence-electron chi connectivity index (χ3n) is 3.26. The summed E-state index contributed by atoms with van der Waals surface area (Å²) in [5, 5.41) is 17.2. The molecule has 1 aromatic carbocycles. The molecule has 2 amide bonds. The molecule has 24 heavy (non-hydrogen) atoms. The van der Waals surface area contributed by atoms with Crippen LogP contribution in [-0.2, 0) is 16.0 Å². The number of thioether (sulfide) groups is 1. The van der Waals surface area contributed by atoms with E-state index in [4.69, 9.17) is 0 Å². The number of aromatic nitrogens is 1. The van der Waals surface area contributed by atoms with Crippen molar-refractivity contribution in [2.45, 2.75) is 18.4 Å². The summed E-state index contributed by atoms with van der Waals surface area (Å²) < 4.78 is 0.701. The number of hydrogen-bond acceptors (Lipinski definition) is 4. The number of aryl methyl sites for hydroxylation is 1. The minimum Gasteiger partial charge on any atom is -0.618 e. The largest absolute Gasteiger partial charge is 0.618 e. The minimum atomic E-state index is -0.303. The van der Waals surface area contributed by atoms with E-state index in [2.05, 4.69) is 10.6 Å². The molecule has 0 bridgehead atoms. The number of anilines is 1. The summed E-state index contributed by atoms with van der Waals surface area (Å²) in [4.78, 5) is 23.7. The van der Waals surface area contributed by atoms with Gasteiger partial charge in [-0.05, 0) is 35.9 Å². The Bertz CT molecular complexity index is 722. The Morgan fingerprint density at radius 2 is 1.88 bits per heavy atom. The molecule has 2 rings (SSSR count). The van der Waals surface area contributed by atoms with Crippen molar-refractivity contribution in [1.29, 1.82) is 0 Å². The average molecular weight is 345 g/mol. The first-order chi connectivity index (χ1) is 11.6. The van der Waals surface area contributed by atoms with Gasteiger partial charge >= 0.3 is 0 Å². The van der Waals surface area contributed by atoms with Crippen molar-refractivity contribution in [1.82, 2.24) is 5.32 Å². The van der Waals surface area contributed by atoms with Gasteiger partial charge in [-0.3, -0.25) is 9.59 Å². The van der Waals surface area contributed by atoms with E-state index in [0.717, 1.165) is 29.4 Å². The molecule has 0 radical (unpaired) electrons. The number of hydrogen-bond donors (Lipinski definition) is 2. The predicted molar refractivity (Wildman–Crippen MR) is 93.6 cm³/mol. The second-order valence-electron chi connectivity index (χ2n) is 4.99. The average Bonchev–Trinajstić information content (AvgIpc) is 2.59. The van der Waals surface area contributed by atoms with E-state index < -0.39 is 0 Å². The summed E-state index contributed by atoms with van der Waals surface area (Å²) in [5.74, 6) is -0.513. The van der Waals surface area contributed by atoms with Crippen LogP contribution in [0.25, 0.3) is 0 Å². The number of carbonyl (C=O) groups excluding carboxylic acids is 2. The standard InChI is InChI=1S/C17H19N3O3S/c1-2-13-7-3-4-8-14(13)19-15(21)11-18-16(22)12-24-17-9-5-6-10-20(17)23/h3-10H,2,11-12H2,1H3,(H,18,22)(H,19,21). The molecule has 0 aliphatic heterocycles. The van der Waals surface area contributed by atoms with Crippen molar-refractivity contribution in [3.63, 3.8) is 0 Å². The van der Waals surface area contributed by atoms with Gasteiger partial charge in [0, 0.05) is 17.8 Å². The van der Waals surface area contributed by atoms with E-state index in [9.17, 15) is 14.8 Å². The van der Waals surface area contributed by atoms with E-state index in [1.165, 1.54) is 6.20 Å². The van der Waals surface area contributed by atoms with Gasteiger partial charge in [-0.2, -0.15) is 4.73 Å². The molecule has 0 unspecified atom stereocenters. The molecule has 1 heterocycles.